The highest BCUT2D eigenvalue weighted by Gasteiger charge is 2.30. The monoisotopic (exact) mass is 260 g/mol. The van der Waals surface area contributed by atoms with Gasteiger partial charge in [-0.1, -0.05) is 0 Å². The SMILES string of the molecule is COc1cc2c(cc1O)N=C[C@@H]1CCCCN1C2=O. The molecule has 1 N–H and O–H groups in total. The van der Waals surface area contributed by atoms with Gasteiger partial charge in [0.25, 0.3) is 5.91 Å². The Morgan fingerprint density at radius 3 is 3.05 bits per heavy atom. The van der Waals surface area contributed by atoms with Crippen molar-refractivity contribution in [1.82, 2.24) is 4.90 Å². The molecule has 1 fully saturated rings. The Balaban J connectivity index is 2.09. The van der Waals surface area contributed by atoms with E-state index in [-0.39, 0.29) is 17.7 Å². The number of phenolic OH excluding ortho intramolecular Hbond substituents is 1. The van der Waals surface area contributed by atoms with Gasteiger partial charge in [-0.15, -0.1) is 0 Å². The van der Waals surface area contributed by atoms with Gasteiger partial charge in [0.2, 0.25) is 0 Å². The van der Waals surface area contributed by atoms with Crippen LogP contribution < -0.4 is 4.74 Å². The molecule has 1 aromatic rings. The number of benzene rings is 1. The fraction of sp³-hybridized carbons (Fsp3) is 0.429. The summed E-state index contributed by atoms with van der Waals surface area (Å²) in [7, 11) is 1.47. The number of amides is 1. The topological polar surface area (TPSA) is 62.1 Å². The maximum atomic E-state index is 12.6. The van der Waals surface area contributed by atoms with Crippen molar-refractivity contribution in [1.29, 1.82) is 0 Å². The number of phenols is 1. The number of aromatic hydroxyl groups is 1. The van der Waals surface area contributed by atoms with Crippen molar-refractivity contribution in [3.05, 3.63) is 17.7 Å². The van der Waals surface area contributed by atoms with Gasteiger partial charge in [0.1, 0.15) is 0 Å². The van der Waals surface area contributed by atoms with Crippen molar-refractivity contribution in [2.45, 2.75) is 25.3 Å². The van der Waals surface area contributed by atoms with E-state index in [9.17, 15) is 9.90 Å². The number of hydrogen-bond donors (Lipinski definition) is 1. The molecule has 0 spiro atoms. The van der Waals surface area contributed by atoms with Gasteiger partial charge < -0.3 is 14.7 Å². The quantitative estimate of drug-likeness (QED) is 0.841. The Labute approximate surface area is 111 Å². The molecule has 100 valence electrons. The van der Waals surface area contributed by atoms with Crippen molar-refractivity contribution < 1.29 is 14.6 Å². The third-order valence-corrected chi connectivity index (χ3v) is 3.72. The molecule has 2 aliphatic heterocycles. The molecule has 5 heteroatoms. The fourth-order valence-electron chi connectivity index (χ4n) is 2.68. The molecule has 1 atom stereocenters. The summed E-state index contributed by atoms with van der Waals surface area (Å²) in [6, 6.07) is 3.13. The highest BCUT2D eigenvalue weighted by molar-refractivity contribution is 6.03. The molecule has 0 saturated carbocycles. The lowest BCUT2D eigenvalue weighted by Gasteiger charge is -2.32. The van der Waals surface area contributed by atoms with Gasteiger partial charge >= 0.3 is 0 Å². The summed E-state index contributed by atoms with van der Waals surface area (Å²) in [6.45, 7) is 0.762. The minimum Gasteiger partial charge on any atom is -0.504 e. The van der Waals surface area contributed by atoms with Crippen LogP contribution in [0.1, 0.15) is 29.6 Å². The van der Waals surface area contributed by atoms with Crippen molar-refractivity contribution >= 4 is 17.8 Å². The first-order valence-electron chi connectivity index (χ1n) is 6.47. The van der Waals surface area contributed by atoms with Crippen LogP contribution in [0.3, 0.4) is 0 Å². The van der Waals surface area contributed by atoms with Gasteiger partial charge in [-0.25, -0.2) is 0 Å². The lowest BCUT2D eigenvalue weighted by Crippen LogP contribution is -2.43. The summed E-state index contributed by atoms with van der Waals surface area (Å²) in [5, 5.41) is 9.78. The molecule has 1 amide bonds. The Hall–Kier alpha value is -2.04. The third kappa shape index (κ3) is 1.95. The highest BCUT2D eigenvalue weighted by Crippen LogP contribution is 2.36. The molecule has 19 heavy (non-hydrogen) atoms. The second kappa shape index (κ2) is 4.57. The smallest absolute Gasteiger partial charge is 0.256 e. The summed E-state index contributed by atoms with van der Waals surface area (Å²) < 4.78 is 5.06. The molecule has 0 unspecified atom stereocenters. The van der Waals surface area contributed by atoms with Gasteiger partial charge in [0.05, 0.1) is 24.4 Å². The molecule has 2 aliphatic rings. The number of aliphatic imine (C=N–C) groups is 1. The summed E-state index contributed by atoms with van der Waals surface area (Å²) in [5.41, 5.74) is 1.01. The normalized spacial score (nSPS) is 21.6. The van der Waals surface area contributed by atoms with Crippen LogP contribution in [0.15, 0.2) is 17.1 Å². The first kappa shape index (κ1) is 12.0. The van der Waals surface area contributed by atoms with E-state index in [4.69, 9.17) is 4.74 Å². The maximum Gasteiger partial charge on any atom is 0.256 e. The number of hydrogen-bond acceptors (Lipinski definition) is 4. The number of piperidine rings is 1. The van der Waals surface area contributed by atoms with Crippen LogP contribution >= 0.6 is 0 Å². The zero-order valence-corrected chi connectivity index (χ0v) is 10.8. The zero-order valence-electron chi connectivity index (χ0n) is 10.8. The summed E-state index contributed by atoms with van der Waals surface area (Å²) in [4.78, 5) is 18.8. The number of nitrogens with zero attached hydrogens (tertiary/aromatic N) is 2. The van der Waals surface area contributed by atoms with E-state index in [0.717, 1.165) is 25.8 Å². The molecule has 0 aliphatic carbocycles. The number of fused-ring (bicyclic) bond motifs is 2. The average molecular weight is 260 g/mol. The third-order valence-electron chi connectivity index (χ3n) is 3.72. The minimum atomic E-state index is -0.0319. The lowest BCUT2D eigenvalue weighted by atomic mass is 10.0. The predicted molar refractivity (Wildman–Crippen MR) is 71.5 cm³/mol. The average Bonchev–Trinajstić information content (AvgIpc) is 2.57. The second-order valence-corrected chi connectivity index (χ2v) is 4.88. The molecule has 3 rings (SSSR count). The Morgan fingerprint density at radius 1 is 1.42 bits per heavy atom. The lowest BCUT2D eigenvalue weighted by molar-refractivity contribution is 0.0688. The molecule has 0 bridgehead atoms. The molecule has 1 aromatic carbocycles. The van der Waals surface area contributed by atoms with Crippen LogP contribution in [0.5, 0.6) is 11.5 Å². The predicted octanol–water partition coefficient (Wildman–Crippen LogP) is 2.11. The van der Waals surface area contributed by atoms with E-state index >= 15 is 0 Å². The number of carbonyl (C=O) groups excluding carboxylic acids is 1. The molecule has 5 nitrogen and oxygen atoms in total. The first-order chi connectivity index (χ1) is 9.20. The van der Waals surface area contributed by atoms with E-state index in [1.54, 1.807) is 6.07 Å². The maximum absolute atomic E-state index is 12.6. The number of rotatable bonds is 1. The van der Waals surface area contributed by atoms with Crippen molar-refractivity contribution in [2.24, 2.45) is 4.99 Å². The molecule has 0 aromatic heterocycles. The summed E-state index contributed by atoms with van der Waals surface area (Å²) in [6.07, 6.45) is 4.91. The standard InChI is InChI=1S/C14H16N2O3/c1-19-13-6-10-11(7-12(13)17)15-8-9-4-2-3-5-16(9)14(10)18/h6-9,17H,2-5H2,1H3/t9-/m0/s1. The van der Waals surface area contributed by atoms with E-state index in [1.165, 1.54) is 13.2 Å². The van der Waals surface area contributed by atoms with Crippen molar-refractivity contribution in [3.63, 3.8) is 0 Å². The molecular formula is C14H16N2O3. The van der Waals surface area contributed by atoms with Crippen LogP contribution in [0.25, 0.3) is 0 Å². The van der Waals surface area contributed by atoms with Gasteiger partial charge in [-0.2, -0.15) is 0 Å². The molecule has 1 saturated heterocycles. The highest BCUT2D eigenvalue weighted by atomic mass is 16.5. The number of ether oxygens (including phenoxy) is 1. The largest absolute Gasteiger partial charge is 0.504 e. The van der Waals surface area contributed by atoms with Gasteiger partial charge in [0, 0.05) is 18.8 Å². The number of methoxy groups -OCH3 is 1. The molecular weight excluding hydrogens is 244 g/mol. The summed E-state index contributed by atoms with van der Waals surface area (Å²) in [5.74, 6) is 0.277. The van der Waals surface area contributed by atoms with Crippen LogP contribution in [0.2, 0.25) is 0 Å². The van der Waals surface area contributed by atoms with Crippen LogP contribution in [-0.2, 0) is 0 Å². The van der Waals surface area contributed by atoms with Crippen LogP contribution in [-0.4, -0.2) is 41.8 Å². The van der Waals surface area contributed by atoms with Crippen LogP contribution in [0.4, 0.5) is 5.69 Å². The van der Waals surface area contributed by atoms with E-state index < -0.39 is 0 Å². The summed E-state index contributed by atoms with van der Waals surface area (Å²) >= 11 is 0. The van der Waals surface area contributed by atoms with E-state index in [1.807, 2.05) is 11.1 Å². The second-order valence-electron chi connectivity index (χ2n) is 4.88. The van der Waals surface area contributed by atoms with Crippen LogP contribution in [0, 0.1) is 0 Å². The Bertz CT molecular complexity index is 554. The molecule has 0 radical (unpaired) electrons. The van der Waals surface area contributed by atoms with Crippen molar-refractivity contribution in [2.75, 3.05) is 13.7 Å². The number of carbonyl (C=O) groups is 1. The van der Waals surface area contributed by atoms with E-state index in [0.29, 0.717) is 17.0 Å². The Kier molecular flexibility index (Phi) is 2.89. The first-order valence-corrected chi connectivity index (χ1v) is 6.47. The van der Waals surface area contributed by atoms with Gasteiger partial charge in [-0.05, 0) is 25.3 Å². The minimum absolute atomic E-state index is 0.00562. The van der Waals surface area contributed by atoms with E-state index in [2.05, 4.69) is 4.99 Å². The fourth-order valence-corrected chi connectivity index (χ4v) is 2.68. The van der Waals surface area contributed by atoms with Gasteiger partial charge in [0.15, 0.2) is 11.5 Å². The van der Waals surface area contributed by atoms with Gasteiger partial charge in [-0.3, -0.25) is 9.79 Å². The molecule has 2 heterocycles. The zero-order chi connectivity index (χ0) is 13.4. The van der Waals surface area contributed by atoms with Crippen molar-refractivity contribution in [3.8, 4) is 11.5 Å². The Morgan fingerprint density at radius 2 is 2.26 bits per heavy atom.